The minimum Gasteiger partial charge on any atom is -0.394 e. The quantitative estimate of drug-likeness (QED) is 0.211. The first-order valence-electron chi connectivity index (χ1n) is 12.2. The van der Waals surface area contributed by atoms with E-state index in [1.54, 1.807) is 0 Å². The van der Waals surface area contributed by atoms with Gasteiger partial charge in [0, 0.05) is 6.42 Å². The summed E-state index contributed by atoms with van der Waals surface area (Å²) in [7, 11) is 0. The molecule has 4 heteroatoms. The van der Waals surface area contributed by atoms with Crippen LogP contribution in [-0.4, -0.2) is 34.9 Å². The van der Waals surface area contributed by atoms with Crippen LogP contribution < -0.4 is 5.32 Å². The number of unbranched alkanes of at least 4 members (excludes halogenated alkanes) is 14. The zero-order valence-corrected chi connectivity index (χ0v) is 18.9. The molecule has 0 saturated heterocycles. The van der Waals surface area contributed by atoms with Crippen LogP contribution in [0.3, 0.4) is 0 Å². The molecule has 0 rings (SSSR count). The lowest BCUT2D eigenvalue weighted by Gasteiger charge is -2.22. The van der Waals surface area contributed by atoms with Gasteiger partial charge in [-0.25, -0.2) is 0 Å². The van der Waals surface area contributed by atoms with Crippen LogP contribution in [0.5, 0.6) is 0 Å². The van der Waals surface area contributed by atoms with E-state index in [2.05, 4.69) is 12.2 Å². The Morgan fingerprint density at radius 3 is 1.57 bits per heavy atom. The fourth-order valence-corrected chi connectivity index (χ4v) is 3.63. The number of carbonyl (C=O) groups excluding carboxylic acids is 1. The van der Waals surface area contributed by atoms with E-state index in [1.807, 2.05) is 6.92 Å². The number of amides is 1. The molecule has 3 N–H and O–H groups in total. The molecule has 0 aromatic heterocycles. The van der Waals surface area contributed by atoms with Crippen molar-refractivity contribution in [3.63, 3.8) is 0 Å². The van der Waals surface area contributed by atoms with Crippen molar-refractivity contribution in [1.82, 2.24) is 5.32 Å². The molecule has 0 aliphatic heterocycles. The van der Waals surface area contributed by atoms with Crippen molar-refractivity contribution in [3.05, 3.63) is 0 Å². The van der Waals surface area contributed by atoms with Crippen molar-refractivity contribution in [2.24, 2.45) is 0 Å². The first kappa shape index (κ1) is 27.4. The van der Waals surface area contributed by atoms with E-state index < -0.39 is 12.1 Å². The summed E-state index contributed by atoms with van der Waals surface area (Å²) in [6.07, 6.45) is 20.7. The average Bonchev–Trinajstić information content (AvgIpc) is 2.70. The van der Waals surface area contributed by atoms with E-state index in [9.17, 15) is 15.0 Å². The van der Waals surface area contributed by atoms with Crippen LogP contribution >= 0.6 is 0 Å². The molecule has 1 amide bonds. The summed E-state index contributed by atoms with van der Waals surface area (Å²) in [5.41, 5.74) is 0. The maximum absolute atomic E-state index is 11.7. The van der Waals surface area contributed by atoms with E-state index in [4.69, 9.17) is 0 Å². The second kappa shape index (κ2) is 21.1. The van der Waals surface area contributed by atoms with Crippen molar-refractivity contribution < 1.29 is 15.0 Å². The number of carbonyl (C=O) groups is 1. The third-order valence-corrected chi connectivity index (χ3v) is 5.62. The average molecular weight is 400 g/mol. The Morgan fingerprint density at radius 2 is 1.14 bits per heavy atom. The first-order chi connectivity index (χ1) is 13.7. The minimum absolute atomic E-state index is 0.0686. The Hall–Kier alpha value is -0.610. The van der Waals surface area contributed by atoms with Crippen molar-refractivity contribution in [2.75, 3.05) is 6.61 Å². The third-order valence-electron chi connectivity index (χ3n) is 5.62. The topological polar surface area (TPSA) is 69.6 Å². The Kier molecular flexibility index (Phi) is 20.6. The van der Waals surface area contributed by atoms with Crippen LogP contribution in [0, 0.1) is 0 Å². The highest BCUT2D eigenvalue weighted by Crippen LogP contribution is 2.14. The zero-order valence-electron chi connectivity index (χ0n) is 18.9. The predicted octanol–water partition coefficient (Wildman–Crippen LogP) is 5.89. The van der Waals surface area contributed by atoms with Crippen molar-refractivity contribution >= 4 is 5.91 Å². The molecule has 0 radical (unpaired) electrons. The van der Waals surface area contributed by atoms with Gasteiger partial charge in [-0.3, -0.25) is 4.79 Å². The highest BCUT2D eigenvalue weighted by molar-refractivity contribution is 5.76. The van der Waals surface area contributed by atoms with Crippen LogP contribution in [0.25, 0.3) is 0 Å². The fourth-order valence-electron chi connectivity index (χ4n) is 3.63. The van der Waals surface area contributed by atoms with E-state index in [0.29, 0.717) is 12.8 Å². The molecule has 168 valence electrons. The van der Waals surface area contributed by atoms with Crippen molar-refractivity contribution in [1.29, 1.82) is 0 Å². The van der Waals surface area contributed by atoms with Gasteiger partial charge >= 0.3 is 0 Å². The highest BCUT2D eigenvalue weighted by atomic mass is 16.3. The first-order valence-corrected chi connectivity index (χ1v) is 12.2. The molecule has 0 aromatic carbocycles. The van der Waals surface area contributed by atoms with E-state index in [-0.39, 0.29) is 12.5 Å². The van der Waals surface area contributed by atoms with Gasteiger partial charge in [-0.2, -0.15) is 0 Å². The smallest absolute Gasteiger partial charge is 0.220 e. The van der Waals surface area contributed by atoms with Gasteiger partial charge in [0.25, 0.3) is 0 Å². The minimum atomic E-state index is -0.645. The maximum Gasteiger partial charge on any atom is 0.220 e. The van der Waals surface area contributed by atoms with Gasteiger partial charge in [0.2, 0.25) is 5.91 Å². The molecule has 0 bridgehead atoms. The highest BCUT2D eigenvalue weighted by Gasteiger charge is 2.19. The molecule has 2 atom stereocenters. The molecule has 0 fully saturated rings. The molecule has 0 aromatic rings. The molecule has 0 saturated carbocycles. The number of nitrogens with one attached hydrogen (secondary N) is 1. The van der Waals surface area contributed by atoms with Crippen LogP contribution in [0.4, 0.5) is 0 Å². The Balaban J connectivity index is 3.47. The van der Waals surface area contributed by atoms with Crippen LogP contribution in [0.1, 0.15) is 129 Å². The number of aliphatic hydroxyl groups excluding tert-OH is 2. The Bertz CT molecular complexity index is 336. The van der Waals surface area contributed by atoms with Gasteiger partial charge in [0.05, 0.1) is 18.8 Å². The number of rotatable bonds is 21. The summed E-state index contributed by atoms with van der Waals surface area (Å²) in [6, 6.07) is -0.522. The van der Waals surface area contributed by atoms with Gasteiger partial charge in [-0.05, 0) is 12.8 Å². The molecule has 0 heterocycles. The molecule has 28 heavy (non-hydrogen) atoms. The standard InChI is InChI=1S/C24H49NO3/c1-3-5-7-8-9-10-11-12-13-14-15-16-17-18-19-23(27)22(21-26)25-24(28)20-6-4-2/h22-23,26-27H,3-21H2,1-2H3,(H,25,28). The number of aliphatic hydroxyl groups is 2. The molecule has 0 aliphatic rings. The van der Waals surface area contributed by atoms with Gasteiger partial charge in [-0.1, -0.05) is 110 Å². The van der Waals surface area contributed by atoms with Crippen molar-refractivity contribution in [3.8, 4) is 0 Å². The third kappa shape index (κ3) is 17.5. The second-order valence-electron chi connectivity index (χ2n) is 8.41. The van der Waals surface area contributed by atoms with Crippen LogP contribution in [-0.2, 0) is 4.79 Å². The zero-order chi connectivity index (χ0) is 20.9. The number of hydrogen-bond acceptors (Lipinski definition) is 3. The lowest BCUT2D eigenvalue weighted by Crippen LogP contribution is -2.45. The van der Waals surface area contributed by atoms with E-state index in [0.717, 1.165) is 25.7 Å². The summed E-state index contributed by atoms with van der Waals surface area (Å²) in [5.74, 6) is -0.0686. The van der Waals surface area contributed by atoms with Crippen LogP contribution in [0.15, 0.2) is 0 Å². The lowest BCUT2D eigenvalue weighted by molar-refractivity contribution is -0.123. The van der Waals surface area contributed by atoms with Gasteiger partial charge in [0.15, 0.2) is 0 Å². The normalized spacial score (nSPS) is 13.4. The summed E-state index contributed by atoms with van der Waals surface area (Å²) in [5, 5.41) is 22.4. The predicted molar refractivity (Wildman–Crippen MR) is 119 cm³/mol. The monoisotopic (exact) mass is 399 g/mol. The summed E-state index contributed by atoms with van der Waals surface area (Å²) in [4.78, 5) is 11.7. The number of hydrogen-bond donors (Lipinski definition) is 3. The SMILES string of the molecule is CCCCCCCCCCCCCCCCC(O)C(CO)NC(=O)CCCC. The van der Waals surface area contributed by atoms with Gasteiger partial charge in [-0.15, -0.1) is 0 Å². The molecular weight excluding hydrogens is 350 g/mol. The molecule has 0 aliphatic carbocycles. The van der Waals surface area contributed by atoms with E-state index in [1.165, 1.54) is 77.0 Å². The Labute approximate surface area is 174 Å². The van der Waals surface area contributed by atoms with Crippen molar-refractivity contribution in [2.45, 2.75) is 142 Å². The summed E-state index contributed by atoms with van der Waals surface area (Å²) in [6.45, 7) is 4.11. The largest absolute Gasteiger partial charge is 0.394 e. The van der Waals surface area contributed by atoms with Gasteiger partial charge in [0.1, 0.15) is 0 Å². The lowest BCUT2D eigenvalue weighted by atomic mass is 10.0. The van der Waals surface area contributed by atoms with Gasteiger partial charge < -0.3 is 15.5 Å². The molecule has 2 unspecified atom stereocenters. The summed E-state index contributed by atoms with van der Waals surface area (Å²) >= 11 is 0. The maximum atomic E-state index is 11.7. The molecule has 0 spiro atoms. The molecular formula is C24H49NO3. The van der Waals surface area contributed by atoms with E-state index >= 15 is 0 Å². The summed E-state index contributed by atoms with van der Waals surface area (Å²) < 4.78 is 0. The molecule has 4 nitrogen and oxygen atoms in total. The fraction of sp³-hybridized carbons (Fsp3) is 0.958. The Morgan fingerprint density at radius 1 is 0.714 bits per heavy atom. The second-order valence-corrected chi connectivity index (χ2v) is 8.41. The van der Waals surface area contributed by atoms with Crippen LogP contribution in [0.2, 0.25) is 0 Å².